The van der Waals surface area contributed by atoms with Crippen molar-refractivity contribution < 1.29 is 38.0 Å². The van der Waals surface area contributed by atoms with Crippen LogP contribution < -0.4 is 19.5 Å². The third kappa shape index (κ3) is 6.11. The molecule has 0 saturated carbocycles. The Morgan fingerprint density at radius 2 is 1.81 bits per heavy atom. The Bertz CT molecular complexity index is 1890. The molecule has 224 valence electrons. The van der Waals surface area contributed by atoms with Crippen LogP contribution in [0.15, 0.2) is 65.2 Å². The van der Waals surface area contributed by atoms with Gasteiger partial charge in [0.05, 0.1) is 25.8 Å². The zero-order chi connectivity index (χ0) is 30.7. The van der Waals surface area contributed by atoms with Crippen LogP contribution in [0.1, 0.15) is 31.2 Å². The molecule has 0 saturated heterocycles. The summed E-state index contributed by atoms with van der Waals surface area (Å²) in [5.41, 5.74) is 1.13. The number of methoxy groups -OCH3 is 2. The van der Waals surface area contributed by atoms with Crippen molar-refractivity contribution in [1.82, 2.24) is 14.6 Å². The zero-order valence-corrected chi connectivity index (χ0v) is 24.2. The topological polar surface area (TPSA) is 100 Å². The molecular formula is C30H27F3N4O5S. The predicted molar refractivity (Wildman–Crippen MR) is 158 cm³/mol. The van der Waals surface area contributed by atoms with Crippen LogP contribution in [0.25, 0.3) is 27.4 Å². The van der Waals surface area contributed by atoms with E-state index in [0.717, 1.165) is 0 Å². The Morgan fingerprint density at radius 3 is 2.51 bits per heavy atom. The molecule has 0 spiro atoms. The SMILES string of the molecule is CC.COc1cc(OCc2cccc(NC(=O)c3c(F)cc(F)cc3F)c2)c2cc(-c3cn4nc(OC)sc4n3)oc2c1.[HH]. The van der Waals surface area contributed by atoms with E-state index in [0.29, 0.717) is 61.8 Å². The fourth-order valence-electron chi connectivity index (χ4n) is 4.18. The summed E-state index contributed by atoms with van der Waals surface area (Å²) < 4.78 is 65.6. The lowest BCUT2D eigenvalue weighted by Gasteiger charge is -2.11. The Hall–Kier alpha value is -5.04. The molecule has 13 heteroatoms. The van der Waals surface area contributed by atoms with E-state index < -0.39 is 28.9 Å². The highest BCUT2D eigenvalue weighted by Gasteiger charge is 2.20. The van der Waals surface area contributed by atoms with Crippen LogP contribution in [0.3, 0.4) is 0 Å². The highest BCUT2D eigenvalue weighted by Crippen LogP contribution is 2.37. The summed E-state index contributed by atoms with van der Waals surface area (Å²) in [6, 6.07) is 12.7. The summed E-state index contributed by atoms with van der Waals surface area (Å²) in [6.45, 7) is 4.08. The molecular weight excluding hydrogens is 585 g/mol. The largest absolute Gasteiger partial charge is 0.496 e. The second kappa shape index (κ2) is 12.4. The number of halogens is 3. The summed E-state index contributed by atoms with van der Waals surface area (Å²) >= 11 is 1.29. The maximum absolute atomic E-state index is 14.0. The molecule has 0 aliphatic carbocycles. The van der Waals surface area contributed by atoms with Gasteiger partial charge in [-0.25, -0.2) is 22.7 Å². The Kier molecular flexibility index (Phi) is 8.53. The lowest BCUT2D eigenvalue weighted by atomic mass is 10.1. The van der Waals surface area contributed by atoms with Crippen molar-refractivity contribution in [3.8, 4) is 28.1 Å². The van der Waals surface area contributed by atoms with Crippen LogP contribution >= 0.6 is 11.3 Å². The number of carbonyl (C=O) groups is 1. The first-order valence-corrected chi connectivity index (χ1v) is 13.8. The number of rotatable bonds is 8. The van der Waals surface area contributed by atoms with E-state index in [1.165, 1.54) is 25.6 Å². The maximum Gasteiger partial charge on any atom is 0.294 e. The van der Waals surface area contributed by atoms with Gasteiger partial charge in [-0.2, -0.15) is 0 Å². The van der Waals surface area contributed by atoms with Gasteiger partial charge in [-0.15, -0.1) is 5.10 Å². The van der Waals surface area contributed by atoms with E-state index >= 15 is 0 Å². The summed E-state index contributed by atoms with van der Waals surface area (Å²) in [4.78, 5) is 17.7. The van der Waals surface area contributed by atoms with E-state index in [1.54, 1.807) is 53.2 Å². The average Bonchev–Trinajstić information content (AvgIpc) is 3.70. The summed E-state index contributed by atoms with van der Waals surface area (Å²) in [7, 11) is 3.06. The number of hydrogen-bond donors (Lipinski definition) is 1. The Balaban J connectivity index is 0.00000144. The van der Waals surface area contributed by atoms with Gasteiger partial charge in [-0.1, -0.05) is 26.0 Å². The minimum atomic E-state index is -1.30. The minimum Gasteiger partial charge on any atom is -0.496 e. The number of ether oxygens (including phenoxy) is 3. The van der Waals surface area contributed by atoms with Gasteiger partial charge < -0.3 is 23.9 Å². The monoisotopic (exact) mass is 612 g/mol. The van der Waals surface area contributed by atoms with Crippen LogP contribution in [-0.2, 0) is 6.61 Å². The lowest BCUT2D eigenvalue weighted by molar-refractivity contribution is 0.101. The zero-order valence-electron chi connectivity index (χ0n) is 23.4. The van der Waals surface area contributed by atoms with E-state index in [4.69, 9.17) is 18.6 Å². The van der Waals surface area contributed by atoms with Gasteiger partial charge in [0.1, 0.15) is 52.4 Å². The number of imidazole rings is 1. The first-order valence-electron chi connectivity index (χ1n) is 13.0. The second-order valence-corrected chi connectivity index (χ2v) is 9.68. The molecule has 0 bridgehead atoms. The normalized spacial score (nSPS) is 10.9. The molecule has 1 amide bonds. The predicted octanol–water partition coefficient (Wildman–Crippen LogP) is 7.74. The van der Waals surface area contributed by atoms with Gasteiger partial charge in [0.2, 0.25) is 4.96 Å². The van der Waals surface area contributed by atoms with Gasteiger partial charge in [-0.3, -0.25) is 4.79 Å². The third-order valence-corrected chi connectivity index (χ3v) is 6.96. The van der Waals surface area contributed by atoms with E-state index in [2.05, 4.69) is 15.4 Å². The first-order chi connectivity index (χ1) is 20.8. The first kappa shape index (κ1) is 29.5. The number of amides is 1. The number of carbonyl (C=O) groups excluding carboxylic acids is 1. The second-order valence-electron chi connectivity index (χ2n) is 8.76. The van der Waals surface area contributed by atoms with Crippen molar-refractivity contribution in [1.29, 1.82) is 0 Å². The minimum absolute atomic E-state index is 0. The number of hydrogen-bond acceptors (Lipinski definition) is 8. The van der Waals surface area contributed by atoms with Crippen LogP contribution in [-0.4, -0.2) is 34.7 Å². The standard InChI is InChI=1S/C28H19F3N4O5S.C2H6.H2/c1-37-17-9-22(18-11-24(40-23(18)10-17)21-12-35-27(33-21)41-28(34-35)38-2)39-13-14-4-3-5-16(6-14)32-26(36)25-19(30)7-15(29)8-20(25)31;1-2;/h3-12H,13H2,1-2H3,(H,32,36);1-2H3;1H. The fourth-order valence-corrected chi connectivity index (χ4v) is 4.88. The number of fused-ring (bicyclic) bond motifs is 2. The van der Waals surface area contributed by atoms with Crippen molar-refractivity contribution in [2.24, 2.45) is 0 Å². The molecule has 0 fully saturated rings. The molecule has 9 nitrogen and oxygen atoms in total. The summed E-state index contributed by atoms with van der Waals surface area (Å²) in [6.07, 6.45) is 1.73. The van der Waals surface area contributed by atoms with Crippen molar-refractivity contribution >= 4 is 38.9 Å². The number of furan rings is 1. The van der Waals surface area contributed by atoms with Gasteiger partial charge in [0, 0.05) is 31.4 Å². The van der Waals surface area contributed by atoms with Crippen LogP contribution in [0.4, 0.5) is 18.9 Å². The van der Waals surface area contributed by atoms with Gasteiger partial charge in [0.25, 0.3) is 11.1 Å². The third-order valence-electron chi connectivity index (χ3n) is 6.07. The average molecular weight is 613 g/mol. The molecule has 43 heavy (non-hydrogen) atoms. The molecule has 6 rings (SSSR count). The molecule has 1 N–H and O–H groups in total. The van der Waals surface area contributed by atoms with Gasteiger partial charge >= 0.3 is 0 Å². The Labute approximate surface area is 248 Å². The van der Waals surface area contributed by atoms with Crippen molar-refractivity contribution in [3.63, 3.8) is 0 Å². The van der Waals surface area contributed by atoms with Crippen molar-refractivity contribution in [2.45, 2.75) is 20.5 Å². The number of anilines is 1. The van der Waals surface area contributed by atoms with E-state index in [-0.39, 0.29) is 13.7 Å². The van der Waals surface area contributed by atoms with Gasteiger partial charge in [-0.05, 0) is 35.1 Å². The summed E-state index contributed by atoms with van der Waals surface area (Å²) in [5.74, 6) is -3.28. The lowest BCUT2D eigenvalue weighted by Crippen LogP contribution is -2.16. The quantitative estimate of drug-likeness (QED) is 0.188. The van der Waals surface area contributed by atoms with E-state index in [9.17, 15) is 18.0 Å². The van der Waals surface area contributed by atoms with Crippen LogP contribution in [0, 0.1) is 17.5 Å². The number of nitrogens with one attached hydrogen (secondary N) is 1. The van der Waals surface area contributed by atoms with E-state index in [1.807, 2.05) is 13.8 Å². The molecule has 6 aromatic rings. The number of aromatic nitrogens is 3. The van der Waals surface area contributed by atoms with Crippen molar-refractivity contribution in [2.75, 3.05) is 19.5 Å². The smallest absolute Gasteiger partial charge is 0.294 e. The molecule has 0 radical (unpaired) electrons. The fraction of sp³-hybridized carbons (Fsp3) is 0.167. The maximum atomic E-state index is 14.0. The highest BCUT2D eigenvalue weighted by atomic mass is 32.1. The highest BCUT2D eigenvalue weighted by molar-refractivity contribution is 7.18. The Morgan fingerprint density at radius 1 is 1.05 bits per heavy atom. The molecule has 3 heterocycles. The van der Waals surface area contributed by atoms with Crippen LogP contribution in [0.5, 0.6) is 16.7 Å². The molecule has 0 atom stereocenters. The molecule has 3 aromatic carbocycles. The van der Waals surface area contributed by atoms with Crippen LogP contribution in [0.2, 0.25) is 0 Å². The van der Waals surface area contributed by atoms with Gasteiger partial charge in [0.15, 0.2) is 5.76 Å². The van der Waals surface area contributed by atoms with Crippen molar-refractivity contribution in [3.05, 3.63) is 89.4 Å². The number of benzene rings is 3. The molecule has 0 unspecified atom stereocenters. The molecule has 0 aliphatic heterocycles. The summed E-state index contributed by atoms with van der Waals surface area (Å²) in [5, 5.41) is 7.87. The number of nitrogens with zero attached hydrogens (tertiary/aromatic N) is 3. The molecule has 3 aromatic heterocycles. The molecule has 0 aliphatic rings.